The Morgan fingerprint density at radius 3 is 2.34 bits per heavy atom. The summed E-state index contributed by atoms with van der Waals surface area (Å²) in [6.07, 6.45) is 7.35. The molecule has 0 amide bonds. The number of hydrogen-bond acceptors (Lipinski definition) is 2. The molecule has 0 aliphatic heterocycles. The second-order valence-electron chi connectivity index (χ2n) is 11.6. The van der Waals surface area contributed by atoms with Crippen LogP contribution >= 0.6 is 11.8 Å². The van der Waals surface area contributed by atoms with E-state index in [1.165, 1.54) is 42.8 Å². The molecule has 2 unspecified atom stereocenters. The third kappa shape index (κ3) is 3.93. The molecule has 1 N–H and O–H groups in total. The van der Waals surface area contributed by atoms with Crippen LogP contribution in [0.1, 0.15) is 73.1 Å². The maximum absolute atomic E-state index is 11.1. The minimum atomic E-state index is -0.0990. The van der Waals surface area contributed by atoms with E-state index in [0.717, 1.165) is 36.0 Å². The van der Waals surface area contributed by atoms with Crippen molar-refractivity contribution in [1.29, 1.82) is 0 Å². The summed E-state index contributed by atoms with van der Waals surface area (Å²) in [7, 11) is 0. The fourth-order valence-corrected chi connectivity index (χ4v) is 9.05. The molecule has 3 aliphatic rings. The number of benzene rings is 1. The van der Waals surface area contributed by atoms with Gasteiger partial charge in [0, 0.05) is 10.6 Å². The molecule has 3 saturated carbocycles. The fourth-order valence-electron chi connectivity index (χ4n) is 7.92. The number of aliphatic hydroxyl groups excluding tert-OH is 1. The highest BCUT2D eigenvalue weighted by Crippen LogP contribution is 2.62. The zero-order chi connectivity index (χ0) is 20.8. The molecule has 162 valence electrons. The summed E-state index contributed by atoms with van der Waals surface area (Å²) in [5.74, 6) is 5.82. The third-order valence-electron chi connectivity index (χ3n) is 9.74. The number of fused-ring (bicyclic) bond motifs is 3. The van der Waals surface area contributed by atoms with Gasteiger partial charge in [-0.05, 0) is 97.0 Å². The first-order valence-corrected chi connectivity index (χ1v) is 13.1. The van der Waals surface area contributed by atoms with E-state index in [9.17, 15) is 5.11 Å². The molecule has 0 spiro atoms. The van der Waals surface area contributed by atoms with Crippen molar-refractivity contribution < 1.29 is 5.11 Å². The number of thioether (sulfide) groups is 1. The Bertz CT molecular complexity index is 685. The third-order valence-corrected chi connectivity index (χ3v) is 10.9. The van der Waals surface area contributed by atoms with Gasteiger partial charge in [0.2, 0.25) is 0 Å². The number of rotatable bonds is 3. The molecule has 2 bridgehead atoms. The van der Waals surface area contributed by atoms with Gasteiger partial charge in [-0.3, -0.25) is 0 Å². The molecule has 1 aromatic carbocycles. The summed E-state index contributed by atoms with van der Waals surface area (Å²) in [5.41, 5.74) is 0.530. The Labute approximate surface area is 183 Å². The normalized spacial score (nSPS) is 44.4. The van der Waals surface area contributed by atoms with E-state index >= 15 is 0 Å². The van der Waals surface area contributed by atoms with Gasteiger partial charge in [-0.2, -0.15) is 0 Å². The van der Waals surface area contributed by atoms with Gasteiger partial charge in [0.1, 0.15) is 0 Å². The molecule has 8 atom stereocenters. The zero-order valence-corrected chi connectivity index (χ0v) is 20.0. The zero-order valence-electron chi connectivity index (χ0n) is 19.2. The van der Waals surface area contributed by atoms with Crippen LogP contribution in [-0.4, -0.2) is 17.0 Å². The summed E-state index contributed by atoms with van der Waals surface area (Å²) < 4.78 is 0. The average Bonchev–Trinajstić information content (AvgIpc) is 2.68. The van der Waals surface area contributed by atoms with E-state index in [-0.39, 0.29) is 11.5 Å². The van der Waals surface area contributed by atoms with Crippen LogP contribution in [0.25, 0.3) is 0 Å². The van der Waals surface area contributed by atoms with Gasteiger partial charge in [-0.1, -0.05) is 52.8 Å². The molecular formula is C27H42OS. The predicted octanol–water partition coefficient (Wildman–Crippen LogP) is 7.29. The maximum Gasteiger partial charge on any atom is 0.0596 e. The van der Waals surface area contributed by atoms with Crippen molar-refractivity contribution in [3.8, 4) is 0 Å². The Kier molecular flexibility index (Phi) is 6.17. The van der Waals surface area contributed by atoms with Crippen molar-refractivity contribution >= 4 is 11.8 Å². The Balaban J connectivity index is 1.62. The largest absolute Gasteiger partial charge is 0.393 e. The van der Waals surface area contributed by atoms with Gasteiger partial charge < -0.3 is 5.11 Å². The van der Waals surface area contributed by atoms with Crippen LogP contribution in [0, 0.1) is 46.3 Å². The molecule has 1 nitrogen and oxygen atoms in total. The topological polar surface area (TPSA) is 20.2 Å². The van der Waals surface area contributed by atoms with Gasteiger partial charge >= 0.3 is 0 Å². The van der Waals surface area contributed by atoms with Crippen LogP contribution in [-0.2, 0) is 0 Å². The van der Waals surface area contributed by atoms with Gasteiger partial charge in [-0.25, -0.2) is 0 Å². The molecule has 0 radical (unpaired) electrons. The average molecular weight is 415 g/mol. The lowest BCUT2D eigenvalue weighted by Gasteiger charge is -2.60. The Morgan fingerprint density at radius 1 is 0.897 bits per heavy atom. The molecular weight excluding hydrogens is 372 g/mol. The second-order valence-corrected chi connectivity index (χ2v) is 12.7. The highest BCUT2D eigenvalue weighted by molar-refractivity contribution is 7.99. The van der Waals surface area contributed by atoms with Crippen molar-refractivity contribution in [2.75, 3.05) is 5.75 Å². The smallest absolute Gasteiger partial charge is 0.0596 e. The molecule has 3 fully saturated rings. The van der Waals surface area contributed by atoms with Crippen LogP contribution in [0.4, 0.5) is 0 Å². The minimum absolute atomic E-state index is 0.0990. The van der Waals surface area contributed by atoms with E-state index < -0.39 is 0 Å². The second kappa shape index (κ2) is 8.23. The Hall–Kier alpha value is -0.470. The summed E-state index contributed by atoms with van der Waals surface area (Å²) >= 11 is 2.07. The van der Waals surface area contributed by atoms with Gasteiger partial charge in [-0.15, -0.1) is 11.8 Å². The van der Waals surface area contributed by atoms with Crippen LogP contribution in [0.5, 0.6) is 0 Å². The number of hydrogen-bond donors (Lipinski definition) is 1. The van der Waals surface area contributed by atoms with Crippen molar-refractivity contribution in [2.24, 2.45) is 46.3 Å². The quantitative estimate of drug-likeness (QED) is 0.524. The lowest BCUT2D eigenvalue weighted by Crippen LogP contribution is -2.54. The molecule has 0 heterocycles. The maximum atomic E-state index is 11.1. The first kappa shape index (κ1) is 21.8. The molecule has 0 saturated heterocycles. The first-order valence-electron chi connectivity index (χ1n) is 12.1. The van der Waals surface area contributed by atoms with Crippen LogP contribution in [0.15, 0.2) is 35.2 Å². The molecule has 4 rings (SSSR count). The van der Waals surface area contributed by atoms with Crippen molar-refractivity contribution in [1.82, 2.24) is 0 Å². The predicted molar refractivity (Wildman–Crippen MR) is 125 cm³/mol. The van der Waals surface area contributed by atoms with Crippen molar-refractivity contribution in [2.45, 2.75) is 84.1 Å². The van der Waals surface area contributed by atoms with E-state index in [0.29, 0.717) is 11.3 Å². The SMILES string of the molecule is C[C@@H]1CCC(O)[C@@]2(C)CC[C@H]3[C@H](C)CC(CSc4ccccc4)[C@H](C[C@H]12)C3(C)C. The van der Waals surface area contributed by atoms with Crippen LogP contribution in [0.2, 0.25) is 0 Å². The summed E-state index contributed by atoms with van der Waals surface area (Å²) in [6.45, 7) is 12.6. The molecule has 29 heavy (non-hydrogen) atoms. The van der Waals surface area contributed by atoms with Crippen molar-refractivity contribution in [3.63, 3.8) is 0 Å². The van der Waals surface area contributed by atoms with E-state index in [1.807, 2.05) is 0 Å². The van der Waals surface area contributed by atoms with E-state index in [1.54, 1.807) is 0 Å². The van der Waals surface area contributed by atoms with Gasteiger partial charge in [0.25, 0.3) is 0 Å². The van der Waals surface area contributed by atoms with Crippen LogP contribution in [0.3, 0.4) is 0 Å². The van der Waals surface area contributed by atoms with Crippen LogP contribution < -0.4 is 0 Å². The standard InChI is InChI=1S/C27H42OS/c1-18-11-12-25(28)27(5)14-13-22-19(2)15-20(17-29-21-9-7-6-8-10-21)24(16-23(18)27)26(22,3)4/h6-10,18-20,22-25,28H,11-17H2,1-5H3/t18-,19-,20?,22+,23-,24+,25?,27+/m1/s1. The van der Waals surface area contributed by atoms with E-state index in [2.05, 4.69) is 76.7 Å². The highest BCUT2D eigenvalue weighted by Gasteiger charge is 2.55. The molecule has 0 aromatic heterocycles. The Morgan fingerprint density at radius 2 is 1.62 bits per heavy atom. The summed E-state index contributed by atoms with van der Waals surface area (Å²) in [4.78, 5) is 1.41. The summed E-state index contributed by atoms with van der Waals surface area (Å²) in [6, 6.07) is 11.0. The monoisotopic (exact) mass is 414 g/mol. The highest BCUT2D eigenvalue weighted by atomic mass is 32.2. The lowest BCUT2D eigenvalue weighted by molar-refractivity contribution is -0.131. The van der Waals surface area contributed by atoms with E-state index in [4.69, 9.17) is 0 Å². The summed E-state index contributed by atoms with van der Waals surface area (Å²) in [5, 5.41) is 11.1. The molecule has 1 aromatic rings. The fraction of sp³-hybridized carbons (Fsp3) is 0.778. The van der Waals surface area contributed by atoms with Crippen molar-refractivity contribution in [3.05, 3.63) is 30.3 Å². The molecule has 2 heteroatoms. The lowest BCUT2D eigenvalue weighted by atomic mass is 9.46. The number of aliphatic hydroxyl groups is 1. The minimum Gasteiger partial charge on any atom is -0.393 e. The van der Waals surface area contributed by atoms with Gasteiger partial charge in [0.15, 0.2) is 0 Å². The first-order chi connectivity index (χ1) is 13.7. The molecule has 3 aliphatic carbocycles. The van der Waals surface area contributed by atoms with Gasteiger partial charge in [0.05, 0.1) is 6.10 Å².